The van der Waals surface area contributed by atoms with Crippen molar-refractivity contribution in [3.63, 3.8) is 0 Å². The van der Waals surface area contributed by atoms with Gasteiger partial charge in [-0.1, -0.05) is 11.6 Å². The molecular weight excluding hydrogens is 271 g/mol. The molecule has 0 amide bonds. The van der Waals surface area contributed by atoms with Crippen LogP contribution in [0.15, 0.2) is 29.1 Å². The predicted molar refractivity (Wildman–Crippen MR) is 60.8 cm³/mol. The highest BCUT2D eigenvalue weighted by Crippen LogP contribution is 2.32. The Bertz CT molecular complexity index is 645. The number of nitrogen functional groups attached to an aromatic ring is 1. The fourth-order valence-electron chi connectivity index (χ4n) is 1.45. The lowest BCUT2D eigenvalue weighted by Crippen LogP contribution is -2.15. The average molecular weight is 278 g/mol. The lowest BCUT2D eigenvalue weighted by molar-refractivity contribution is -0.137. The first kappa shape index (κ1) is 12.6. The number of H-pyrrole nitrogens is 1. The van der Waals surface area contributed by atoms with E-state index in [-0.39, 0.29) is 16.5 Å². The molecule has 0 aliphatic rings. The first-order chi connectivity index (χ1) is 8.29. The van der Waals surface area contributed by atoms with Crippen LogP contribution in [0.4, 0.5) is 19.0 Å². The standard InChI is InChI=1S/C10H7ClF3N3O/c11-6-2-1-5(10(12,13)14)3-7(6)17-9(18)4-8(15)16-17/h1-4,16H,15H2. The van der Waals surface area contributed by atoms with Crippen molar-refractivity contribution in [2.24, 2.45) is 0 Å². The second kappa shape index (κ2) is 4.09. The van der Waals surface area contributed by atoms with Gasteiger partial charge in [0.25, 0.3) is 5.56 Å². The van der Waals surface area contributed by atoms with Gasteiger partial charge < -0.3 is 5.73 Å². The number of alkyl halides is 3. The van der Waals surface area contributed by atoms with E-state index in [1.54, 1.807) is 0 Å². The summed E-state index contributed by atoms with van der Waals surface area (Å²) in [6, 6.07) is 3.74. The van der Waals surface area contributed by atoms with Gasteiger partial charge >= 0.3 is 6.18 Å². The number of nitrogens with one attached hydrogen (secondary N) is 1. The number of aromatic nitrogens is 2. The molecule has 18 heavy (non-hydrogen) atoms. The Morgan fingerprint density at radius 1 is 1.28 bits per heavy atom. The molecule has 0 saturated heterocycles. The third-order valence-electron chi connectivity index (χ3n) is 2.25. The Morgan fingerprint density at radius 2 is 1.94 bits per heavy atom. The van der Waals surface area contributed by atoms with Crippen molar-refractivity contribution in [1.29, 1.82) is 0 Å². The minimum Gasteiger partial charge on any atom is -0.384 e. The smallest absolute Gasteiger partial charge is 0.384 e. The maximum absolute atomic E-state index is 12.6. The van der Waals surface area contributed by atoms with E-state index in [0.717, 1.165) is 28.9 Å². The third-order valence-corrected chi connectivity index (χ3v) is 2.57. The van der Waals surface area contributed by atoms with Crippen molar-refractivity contribution < 1.29 is 13.2 Å². The topological polar surface area (TPSA) is 63.8 Å². The second-order valence-corrected chi connectivity index (χ2v) is 3.96. The zero-order chi connectivity index (χ0) is 13.5. The molecule has 0 aliphatic carbocycles. The van der Waals surface area contributed by atoms with Crippen LogP contribution in [0.2, 0.25) is 5.02 Å². The zero-order valence-electron chi connectivity index (χ0n) is 8.75. The molecule has 8 heteroatoms. The molecule has 0 saturated carbocycles. The highest BCUT2D eigenvalue weighted by atomic mass is 35.5. The molecule has 0 spiro atoms. The molecule has 0 unspecified atom stereocenters. The zero-order valence-corrected chi connectivity index (χ0v) is 9.51. The van der Waals surface area contributed by atoms with Gasteiger partial charge in [-0.15, -0.1) is 0 Å². The summed E-state index contributed by atoms with van der Waals surface area (Å²) < 4.78 is 38.5. The minimum atomic E-state index is -4.51. The van der Waals surface area contributed by atoms with Gasteiger partial charge in [-0.2, -0.15) is 13.2 Å². The number of rotatable bonds is 1. The summed E-state index contributed by atoms with van der Waals surface area (Å²) in [6.07, 6.45) is -4.51. The third kappa shape index (κ3) is 2.21. The van der Waals surface area contributed by atoms with Crippen LogP contribution in [0.3, 0.4) is 0 Å². The summed E-state index contributed by atoms with van der Waals surface area (Å²) in [5.41, 5.74) is 3.76. The Kier molecular flexibility index (Phi) is 2.86. The van der Waals surface area contributed by atoms with Crippen LogP contribution >= 0.6 is 11.6 Å². The van der Waals surface area contributed by atoms with Crippen LogP contribution in [0, 0.1) is 0 Å². The van der Waals surface area contributed by atoms with Crippen LogP contribution < -0.4 is 11.3 Å². The van der Waals surface area contributed by atoms with E-state index in [1.165, 1.54) is 0 Å². The molecule has 0 bridgehead atoms. The van der Waals surface area contributed by atoms with Crippen molar-refractivity contribution in [3.05, 3.63) is 45.2 Å². The van der Waals surface area contributed by atoms with Crippen molar-refractivity contribution in [1.82, 2.24) is 9.78 Å². The number of halogens is 4. The summed E-state index contributed by atoms with van der Waals surface area (Å²) in [4.78, 5) is 11.5. The van der Waals surface area contributed by atoms with Crippen LogP contribution in [0.5, 0.6) is 0 Å². The summed E-state index contributed by atoms with van der Waals surface area (Å²) in [7, 11) is 0. The van der Waals surface area contributed by atoms with Crippen molar-refractivity contribution in [2.45, 2.75) is 6.18 Å². The maximum Gasteiger partial charge on any atom is 0.416 e. The van der Waals surface area contributed by atoms with Gasteiger partial charge in [-0.25, -0.2) is 4.68 Å². The molecular formula is C10H7ClF3N3O. The van der Waals surface area contributed by atoms with Gasteiger partial charge in [0.2, 0.25) is 0 Å². The maximum atomic E-state index is 12.6. The van der Waals surface area contributed by atoms with Crippen LogP contribution in [-0.4, -0.2) is 9.78 Å². The van der Waals surface area contributed by atoms with Gasteiger partial charge in [0.1, 0.15) is 5.82 Å². The summed E-state index contributed by atoms with van der Waals surface area (Å²) in [5.74, 6) is 0.0356. The molecule has 1 aromatic carbocycles. The molecule has 0 radical (unpaired) electrons. The Labute approximate surface area is 104 Å². The Morgan fingerprint density at radius 3 is 2.44 bits per heavy atom. The van der Waals surface area contributed by atoms with Crippen LogP contribution in [0.25, 0.3) is 5.69 Å². The predicted octanol–water partition coefficient (Wildman–Crippen LogP) is 2.42. The first-order valence-electron chi connectivity index (χ1n) is 4.73. The molecule has 1 heterocycles. The second-order valence-electron chi connectivity index (χ2n) is 3.55. The van der Waals surface area contributed by atoms with E-state index in [2.05, 4.69) is 5.10 Å². The van der Waals surface area contributed by atoms with E-state index in [1.807, 2.05) is 0 Å². The number of nitrogens with two attached hydrogens (primary N) is 1. The summed E-state index contributed by atoms with van der Waals surface area (Å²) in [5, 5.41) is 2.42. The number of hydrogen-bond donors (Lipinski definition) is 2. The van der Waals surface area contributed by atoms with E-state index >= 15 is 0 Å². The number of anilines is 1. The summed E-state index contributed by atoms with van der Waals surface area (Å²) in [6.45, 7) is 0. The average Bonchev–Trinajstić information content (AvgIpc) is 2.56. The lowest BCUT2D eigenvalue weighted by atomic mass is 10.2. The largest absolute Gasteiger partial charge is 0.416 e. The van der Waals surface area contributed by atoms with E-state index < -0.39 is 17.3 Å². The SMILES string of the molecule is Nc1cc(=O)n(-c2cc(C(F)(F)F)ccc2Cl)[nH]1. The quantitative estimate of drug-likeness (QED) is 0.841. The van der Waals surface area contributed by atoms with Crippen LogP contribution in [0.1, 0.15) is 5.56 Å². The number of benzene rings is 1. The molecule has 0 aliphatic heterocycles. The van der Waals surface area contributed by atoms with Crippen molar-refractivity contribution in [3.8, 4) is 5.69 Å². The monoisotopic (exact) mass is 277 g/mol. The van der Waals surface area contributed by atoms with Gasteiger partial charge in [-0.05, 0) is 18.2 Å². The van der Waals surface area contributed by atoms with Crippen molar-refractivity contribution >= 4 is 17.4 Å². The van der Waals surface area contributed by atoms with Crippen LogP contribution in [-0.2, 0) is 6.18 Å². The van der Waals surface area contributed by atoms with E-state index in [9.17, 15) is 18.0 Å². The molecule has 3 N–H and O–H groups in total. The molecule has 2 rings (SSSR count). The van der Waals surface area contributed by atoms with Gasteiger partial charge in [0, 0.05) is 6.07 Å². The normalized spacial score (nSPS) is 11.8. The summed E-state index contributed by atoms with van der Waals surface area (Å²) >= 11 is 5.77. The molecule has 4 nitrogen and oxygen atoms in total. The fraction of sp³-hybridized carbons (Fsp3) is 0.100. The number of aromatic amines is 1. The first-order valence-corrected chi connectivity index (χ1v) is 5.11. The molecule has 0 atom stereocenters. The van der Waals surface area contributed by atoms with Gasteiger partial charge in [-0.3, -0.25) is 9.89 Å². The molecule has 0 fully saturated rings. The Balaban J connectivity index is 2.64. The lowest BCUT2D eigenvalue weighted by Gasteiger charge is -2.10. The van der Waals surface area contributed by atoms with E-state index in [0.29, 0.717) is 0 Å². The van der Waals surface area contributed by atoms with E-state index in [4.69, 9.17) is 17.3 Å². The highest BCUT2D eigenvalue weighted by molar-refractivity contribution is 6.32. The number of hydrogen-bond acceptors (Lipinski definition) is 2. The van der Waals surface area contributed by atoms with Gasteiger partial charge in [0.15, 0.2) is 0 Å². The molecule has 2 aromatic rings. The molecule has 1 aromatic heterocycles. The minimum absolute atomic E-state index is 0.00644. The highest BCUT2D eigenvalue weighted by Gasteiger charge is 2.31. The van der Waals surface area contributed by atoms with Gasteiger partial charge in [0.05, 0.1) is 16.3 Å². The molecule has 96 valence electrons. The fourth-order valence-corrected chi connectivity index (χ4v) is 1.66. The van der Waals surface area contributed by atoms with Crippen molar-refractivity contribution in [2.75, 3.05) is 5.73 Å². The Hall–Kier alpha value is -1.89. The number of nitrogens with zero attached hydrogens (tertiary/aromatic N) is 1.